The highest BCUT2D eigenvalue weighted by Gasteiger charge is 2.12. The van der Waals surface area contributed by atoms with Crippen LogP contribution in [0.4, 0.5) is 0 Å². The number of hydrogen-bond acceptors (Lipinski definition) is 5. The van der Waals surface area contributed by atoms with Crippen molar-refractivity contribution in [3.8, 4) is 22.7 Å². The summed E-state index contributed by atoms with van der Waals surface area (Å²) in [7, 11) is 1.57. The van der Waals surface area contributed by atoms with Crippen LogP contribution in [0.1, 0.15) is 16.8 Å². The van der Waals surface area contributed by atoms with Crippen molar-refractivity contribution in [2.24, 2.45) is 0 Å². The monoisotopic (exact) mass is 368 g/mol. The van der Waals surface area contributed by atoms with Gasteiger partial charge in [0.25, 0.3) is 11.5 Å². The number of amides is 1. The number of hydrogen-bond donors (Lipinski definition) is 3. The third kappa shape index (κ3) is 4.06. The first kappa shape index (κ1) is 18.4. The van der Waals surface area contributed by atoms with E-state index in [1.54, 1.807) is 37.6 Å². The molecule has 27 heavy (non-hydrogen) atoms. The fourth-order valence-electron chi connectivity index (χ4n) is 2.57. The second kappa shape index (κ2) is 8.33. The summed E-state index contributed by atoms with van der Waals surface area (Å²) in [6.07, 6.45) is 3.50. The summed E-state index contributed by atoms with van der Waals surface area (Å²) in [5.74, 6) is 0.758. The third-order valence-corrected chi connectivity index (χ3v) is 4.01. The molecule has 1 amide bonds. The number of nitrogens with one attached hydrogen (secondary N) is 2. The number of rotatable bonds is 7. The van der Waals surface area contributed by atoms with Gasteiger partial charge in [0.2, 0.25) is 0 Å². The number of benzene rings is 1. The molecule has 0 fully saturated rings. The number of carbonyl (C=O) groups excluding carboxylic acids is 1. The van der Waals surface area contributed by atoms with E-state index in [-0.39, 0.29) is 18.1 Å². The van der Waals surface area contributed by atoms with Gasteiger partial charge in [-0.05, 0) is 36.2 Å². The first-order valence-corrected chi connectivity index (χ1v) is 8.44. The molecule has 0 aliphatic carbocycles. The molecular formula is C19H20N4O4. The number of aliphatic hydroxyl groups excluding tert-OH is 1. The van der Waals surface area contributed by atoms with E-state index in [9.17, 15) is 9.59 Å². The van der Waals surface area contributed by atoms with Crippen LogP contribution in [0, 0.1) is 0 Å². The van der Waals surface area contributed by atoms with E-state index in [0.29, 0.717) is 35.7 Å². The fourth-order valence-corrected chi connectivity index (χ4v) is 2.57. The molecule has 0 aliphatic heterocycles. The van der Waals surface area contributed by atoms with E-state index in [0.717, 1.165) is 5.56 Å². The molecule has 2 aromatic heterocycles. The van der Waals surface area contributed by atoms with Crippen LogP contribution in [0.15, 0.2) is 53.6 Å². The molecule has 0 aliphatic rings. The molecule has 0 atom stereocenters. The summed E-state index contributed by atoms with van der Waals surface area (Å²) in [6, 6.07) is 10.4. The topological polar surface area (TPSA) is 109 Å². The van der Waals surface area contributed by atoms with E-state index in [4.69, 9.17) is 9.84 Å². The van der Waals surface area contributed by atoms with Gasteiger partial charge in [0.15, 0.2) is 5.82 Å². The van der Waals surface area contributed by atoms with E-state index in [1.165, 1.54) is 10.9 Å². The van der Waals surface area contributed by atoms with Gasteiger partial charge in [-0.3, -0.25) is 14.7 Å². The van der Waals surface area contributed by atoms with Gasteiger partial charge >= 0.3 is 0 Å². The first-order valence-electron chi connectivity index (χ1n) is 8.44. The van der Waals surface area contributed by atoms with Gasteiger partial charge in [-0.15, -0.1) is 0 Å². The van der Waals surface area contributed by atoms with Crippen LogP contribution in [0.5, 0.6) is 5.75 Å². The highest BCUT2D eigenvalue weighted by molar-refractivity contribution is 5.93. The number of ether oxygens (including phenoxy) is 1. The molecule has 8 heteroatoms. The largest absolute Gasteiger partial charge is 0.497 e. The molecule has 3 N–H and O–H groups in total. The van der Waals surface area contributed by atoms with Crippen LogP contribution in [-0.4, -0.2) is 46.0 Å². The van der Waals surface area contributed by atoms with Crippen LogP contribution in [-0.2, 0) is 0 Å². The predicted molar refractivity (Wildman–Crippen MR) is 100 cm³/mol. The summed E-state index contributed by atoms with van der Waals surface area (Å²) in [4.78, 5) is 28.9. The highest BCUT2D eigenvalue weighted by Crippen LogP contribution is 2.21. The van der Waals surface area contributed by atoms with Crippen molar-refractivity contribution in [3.63, 3.8) is 0 Å². The summed E-state index contributed by atoms with van der Waals surface area (Å²) >= 11 is 0. The minimum atomic E-state index is -0.279. The molecule has 2 heterocycles. The van der Waals surface area contributed by atoms with Crippen molar-refractivity contribution in [2.75, 3.05) is 20.3 Å². The molecule has 3 aromatic rings. The standard InChI is InChI=1S/C19H20N4O4/c1-27-15-5-2-4-13(10-15)16-12-22-23(19(16)26)17-7-6-14(11-21-17)18(25)20-8-3-9-24/h2,4-7,10-12,22,24H,3,8-9H2,1H3,(H,20,25). The Morgan fingerprint density at radius 3 is 2.89 bits per heavy atom. The van der Waals surface area contributed by atoms with Crippen molar-refractivity contribution >= 4 is 5.91 Å². The van der Waals surface area contributed by atoms with E-state index >= 15 is 0 Å². The molecule has 3 rings (SSSR count). The van der Waals surface area contributed by atoms with Crippen LogP contribution < -0.4 is 15.6 Å². The Balaban J connectivity index is 1.82. The Kier molecular flexibility index (Phi) is 5.68. The number of nitrogens with zero attached hydrogens (tertiary/aromatic N) is 2. The number of methoxy groups -OCH3 is 1. The smallest absolute Gasteiger partial charge is 0.280 e. The van der Waals surface area contributed by atoms with Gasteiger partial charge in [0.05, 0.1) is 18.2 Å². The maximum absolute atomic E-state index is 12.7. The second-order valence-corrected chi connectivity index (χ2v) is 5.80. The fraction of sp³-hybridized carbons (Fsp3) is 0.211. The minimum absolute atomic E-state index is 0.0167. The van der Waals surface area contributed by atoms with Gasteiger partial charge in [-0.1, -0.05) is 12.1 Å². The van der Waals surface area contributed by atoms with Crippen molar-refractivity contribution in [1.29, 1.82) is 0 Å². The summed E-state index contributed by atoms with van der Waals surface area (Å²) < 4.78 is 6.50. The number of aliphatic hydroxyl groups is 1. The van der Waals surface area contributed by atoms with Crippen LogP contribution in [0.25, 0.3) is 16.9 Å². The Morgan fingerprint density at radius 1 is 1.33 bits per heavy atom. The average molecular weight is 368 g/mol. The minimum Gasteiger partial charge on any atom is -0.497 e. The summed E-state index contributed by atoms with van der Waals surface area (Å²) in [6.45, 7) is 0.403. The van der Waals surface area contributed by atoms with E-state index in [1.807, 2.05) is 12.1 Å². The van der Waals surface area contributed by atoms with Crippen molar-refractivity contribution in [2.45, 2.75) is 6.42 Å². The van der Waals surface area contributed by atoms with E-state index < -0.39 is 0 Å². The SMILES string of the molecule is COc1cccc(-c2c[nH]n(-c3ccc(C(=O)NCCCO)cn3)c2=O)c1. The number of aromatic nitrogens is 3. The molecule has 0 saturated heterocycles. The van der Waals surface area contributed by atoms with Crippen molar-refractivity contribution in [1.82, 2.24) is 20.1 Å². The lowest BCUT2D eigenvalue weighted by molar-refractivity contribution is 0.0951. The maximum Gasteiger partial charge on any atom is 0.280 e. The lowest BCUT2D eigenvalue weighted by Gasteiger charge is -2.05. The lowest BCUT2D eigenvalue weighted by Crippen LogP contribution is -2.25. The van der Waals surface area contributed by atoms with E-state index in [2.05, 4.69) is 15.4 Å². The molecule has 0 bridgehead atoms. The number of H-pyrrole nitrogens is 1. The Morgan fingerprint density at radius 2 is 2.19 bits per heavy atom. The molecule has 140 valence electrons. The molecule has 0 saturated carbocycles. The van der Waals surface area contributed by atoms with Crippen molar-refractivity contribution in [3.05, 3.63) is 64.7 Å². The van der Waals surface area contributed by atoms with Crippen molar-refractivity contribution < 1.29 is 14.6 Å². The number of carbonyl (C=O) groups is 1. The lowest BCUT2D eigenvalue weighted by atomic mass is 10.1. The molecule has 8 nitrogen and oxygen atoms in total. The third-order valence-electron chi connectivity index (χ3n) is 4.01. The molecule has 0 spiro atoms. The highest BCUT2D eigenvalue weighted by atomic mass is 16.5. The van der Waals surface area contributed by atoms with Crippen LogP contribution in [0.3, 0.4) is 0 Å². The Bertz CT molecular complexity index is 976. The molecule has 0 unspecified atom stereocenters. The molecule has 0 radical (unpaired) electrons. The summed E-state index contributed by atoms with van der Waals surface area (Å²) in [5, 5.41) is 14.3. The van der Waals surface area contributed by atoms with Gasteiger partial charge in [-0.2, -0.15) is 0 Å². The van der Waals surface area contributed by atoms with Crippen LogP contribution >= 0.6 is 0 Å². The Hall–Kier alpha value is -3.39. The van der Waals surface area contributed by atoms with Gasteiger partial charge in [0, 0.05) is 25.5 Å². The number of aromatic amines is 1. The maximum atomic E-state index is 12.7. The van der Waals surface area contributed by atoms with Gasteiger partial charge in [-0.25, -0.2) is 9.67 Å². The normalized spacial score (nSPS) is 10.6. The zero-order valence-electron chi connectivity index (χ0n) is 14.8. The second-order valence-electron chi connectivity index (χ2n) is 5.80. The Labute approximate surface area is 155 Å². The molecular weight excluding hydrogens is 348 g/mol. The average Bonchev–Trinajstić information content (AvgIpc) is 3.09. The summed E-state index contributed by atoms with van der Waals surface area (Å²) in [5.41, 5.74) is 1.34. The van der Waals surface area contributed by atoms with Gasteiger partial charge in [0.1, 0.15) is 5.75 Å². The predicted octanol–water partition coefficient (Wildman–Crippen LogP) is 1.35. The quantitative estimate of drug-likeness (QED) is 0.546. The zero-order chi connectivity index (χ0) is 19.2. The zero-order valence-corrected chi connectivity index (χ0v) is 14.8. The first-order chi connectivity index (χ1) is 13.1. The molecule has 1 aromatic carbocycles. The van der Waals surface area contributed by atoms with Gasteiger partial charge < -0.3 is 15.2 Å². The number of pyridine rings is 1. The van der Waals surface area contributed by atoms with Crippen LogP contribution in [0.2, 0.25) is 0 Å².